The molecular weight excluding hydrogens is 232 g/mol. The minimum absolute atomic E-state index is 0.0276. The zero-order chi connectivity index (χ0) is 13.1. The molecule has 2 rings (SSSR count). The smallest absolute Gasteiger partial charge is 0.311 e. The van der Waals surface area contributed by atoms with Gasteiger partial charge in [0.2, 0.25) is 5.82 Å². The molecule has 1 saturated carbocycles. The summed E-state index contributed by atoms with van der Waals surface area (Å²) < 4.78 is 0. The second-order valence-corrected chi connectivity index (χ2v) is 4.45. The molecule has 1 heterocycles. The van der Waals surface area contributed by atoms with Crippen LogP contribution in [0, 0.1) is 28.4 Å². The highest BCUT2D eigenvalue weighted by Gasteiger charge is 2.33. The first kappa shape index (κ1) is 12.3. The standard InChI is InChI=1S/C12H14N4O2/c1-9-7-11(16(17)18)12(14-8-9)15(6-2-5-13)10-3-4-10/h7-8,10H,2-4,6H2,1H3. The van der Waals surface area contributed by atoms with Crippen molar-refractivity contribution in [3.63, 3.8) is 0 Å². The third-order valence-corrected chi connectivity index (χ3v) is 2.90. The second-order valence-electron chi connectivity index (χ2n) is 4.45. The molecule has 6 nitrogen and oxygen atoms in total. The second kappa shape index (κ2) is 5.00. The quantitative estimate of drug-likeness (QED) is 0.587. The molecule has 0 radical (unpaired) electrons. The van der Waals surface area contributed by atoms with E-state index < -0.39 is 4.92 Å². The summed E-state index contributed by atoms with van der Waals surface area (Å²) in [6.07, 6.45) is 4.00. The van der Waals surface area contributed by atoms with Gasteiger partial charge in [-0.15, -0.1) is 0 Å². The number of hydrogen-bond acceptors (Lipinski definition) is 5. The van der Waals surface area contributed by atoms with E-state index >= 15 is 0 Å². The Morgan fingerprint density at radius 2 is 2.39 bits per heavy atom. The molecular formula is C12H14N4O2. The van der Waals surface area contributed by atoms with Gasteiger partial charge in [0.25, 0.3) is 0 Å². The predicted octanol–water partition coefficient (Wildman–Crippen LogP) is 2.18. The molecule has 0 spiro atoms. The van der Waals surface area contributed by atoms with E-state index in [1.807, 2.05) is 4.90 Å². The van der Waals surface area contributed by atoms with Gasteiger partial charge in [0.05, 0.1) is 17.4 Å². The normalized spacial score (nSPS) is 14.0. The largest absolute Gasteiger partial charge is 0.347 e. The molecule has 0 saturated heterocycles. The molecule has 94 valence electrons. The highest BCUT2D eigenvalue weighted by Crippen LogP contribution is 2.35. The number of rotatable bonds is 5. The van der Waals surface area contributed by atoms with E-state index in [4.69, 9.17) is 5.26 Å². The summed E-state index contributed by atoms with van der Waals surface area (Å²) >= 11 is 0. The van der Waals surface area contributed by atoms with Crippen LogP contribution in [-0.2, 0) is 0 Å². The van der Waals surface area contributed by atoms with Crippen molar-refractivity contribution in [2.45, 2.75) is 32.2 Å². The highest BCUT2D eigenvalue weighted by atomic mass is 16.6. The van der Waals surface area contributed by atoms with E-state index in [0.29, 0.717) is 24.8 Å². The number of aromatic nitrogens is 1. The van der Waals surface area contributed by atoms with Crippen LogP contribution in [0.4, 0.5) is 11.5 Å². The van der Waals surface area contributed by atoms with Crippen LogP contribution in [0.25, 0.3) is 0 Å². The lowest BCUT2D eigenvalue weighted by Crippen LogP contribution is -2.28. The number of pyridine rings is 1. The van der Waals surface area contributed by atoms with Crippen molar-refractivity contribution >= 4 is 11.5 Å². The van der Waals surface area contributed by atoms with Gasteiger partial charge in [-0.05, 0) is 25.3 Å². The molecule has 1 fully saturated rings. The summed E-state index contributed by atoms with van der Waals surface area (Å²) in [5.74, 6) is 0.392. The van der Waals surface area contributed by atoms with Crippen LogP contribution in [0.15, 0.2) is 12.3 Å². The fraction of sp³-hybridized carbons (Fsp3) is 0.500. The third kappa shape index (κ3) is 2.56. The van der Waals surface area contributed by atoms with Crippen molar-refractivity contribution in [2.24, 2.45) is 0 Å². The topological polar surface area (TPSA) is 83.1 Å². The number of anilines is 1. The maximum atomic E-state index is 11.1. The van der Waals surface area contributed by atoms with E-state index in [1.54, 1.807) is 13.1 Å². The highest BCUT2D eigenvalue weighted by molar-refractivity contribution is 5.59. The molecule has 1 aromatic rings. The summed E-state index contributed by atoms with van der Waals surface area (Å²) in [5, 5.41) is 19.7. The lowest BCUT2D eigenvalue weighted by atomic mass is 10.2. The Morgan fingerprint density at radius 3 is 2.94 bits per heavy atom. The van der Waals surface area contributed by atoms with Gasteiger partial charge in [0.15, 0.2) is 0 Å². The number of nitrogens with zero attached hydrogens (tertiary/aromatic N) is 4. The Kier molecular flexibility index (Phi) is 3.42. The van der Waals surface area contributed by atoms with Crippen LogP contribution in [0.2, 0.25) is 0 Å². The van der Waals surface area contributed by atoms with Crippen LogP contribution in [0.3, 0.4) is 0 Å². The zero-order valence-corrected chi connectivity index (χ0v) is 10.2. The first-order chi connectivity index (χ1) is 8.63. The van der Waals surface area contributed by atoms with Gasteiger partial charge in [-0.25, -0.2) is 4.98 Å². The lowest BCUT2D eigenvalue weighted by molar-refractivity contribution is -0.384. The Labute approximate surface area is 105 Å². The minimum atomic E-state index is -0.406. The number of aryl methyl sites for hydroxylation is 1. The SMILES string of the molecule is Cc1cnc(N(CCC#N)C2CC2)c([N+](=O)[O-])c1. The summed E-state index contributed by atoms with van der Waals surface area (Å²) in [6, 6.07) is 3.90. The number of nitriles is 1. The van der Waals surface area contributed by atoms with Crippen LogP contribution in [0.1, 0.15) is 24.8 Å². The maximum absolute atomic E-state index is 11.1. The van der Waals surface area contributed by atoms with Gasteiger partial charge in [-0.3, -0.25) is 10.1 Å². The van der Waals surface area contributed by atoms with E-state index in [9.17, 15) is 10.1 Å². The predicted molar refractivity (Wildman–Crippen MR) is 66.2 cm³/mol. The Bertz CT molecular complexity index is 505. The van der Waals surface area contributed by atoms with E-state index in [2.05, 4.69) is 11.1 Å². The Balaban J connectivity index is 2.34. The van der Waals surface area contributed by atoms with Crippen LogP contribution in [-0.4, -0.2) is 22.5 Å². The first-order valence-electron chi connectivity index (χ1n) is 5.88. The monoisotopic (exact) mass is 246 g/mol. The molecule has 0 bridgehead atoms. The number of nitro groups is 1. The molecule has 1 aromatic heterocycles. The average molecular weight is 246 g/mol. The Hall–Kier alpha value is -2.16. The Morgan fingerprint density at radius 1 is 1.67 bits per heavy atom. The third-order valence-electron chi connectivity index (χ3n) is 2.90. The molecule has 0 aromatic carbocycles. The summed E-state index contributed by atoms with van der Waals surface area (Å²) in [7, 11) is 0. The van der Waals surface area contributed by atoms with Gasteiger partial charge in [-0.1, -0.05) is 0 Å². The molecule has 0 aliphatic heterocycles. The van der Waals surface area contributed by atoms with E-state index in [0.717, 1.165) is 18.4 Å². The fourth-order valence-electron chi connectivity index (χ4n) is 1.92. The van der Waals surface area contributed by atoms with Crippen LogP contribution >= 0.6 is 0 Å². The molecule has 0 N–H and O–H groups in total. The van der Waals surface area contributed by atoms with Crippen molar-refractivity contribution in [3.05, 3.63) is 27.9 Å². The van der Waals surface area contributed by atoms with Crippen molar-refractivity contribution in [3.8, 4) is 6.07 Å². The molecule has 0 atom stereocenters. The van der Waals surface area contributed by atoms with Crippen molar-refractivity contribution in [1.82, 2.24) is 4.98 Å². The lowest BCUT2D eigenvalue weighted by Gasteiger charge is -2.21. The van der Waals surface area contributed by atoms with Gasteiger partial charge in [0, 0.05) is 24.8 Å². The van der Waals surface area contributed by atoms with Gasteiger partial charge >= 0.3 is 5.69 Å². The molecule has 1 aliphatic carbocycles. The summed E-state index contributed by atoms with van der Waals surface area (Å²) in [6.45, 7) is 2.28. The van der Waals surface area contributed by atoms with Gasteiger partial charge in [0.1, 0.15) is 0 Å². The maximum Gasteiger partial charge on any atom is 0.311 e. The zero-order valence-electron chi connectivity index (χ0n) is 10.2. The van der Waals surface area contributed by atoms with E-state index in [1.165, 1.54) is 6.07 Å². The van der Waals surface area contributed by atoms with Crippen LogP contribution < -0.4 is 4.90 Å². The molecule has 6 heteroatoms. The number of hydrogen-bond donors (Lipinski definition) is 0. The molecule has 1 aliphatic rings. The van der Waals surface area contributed by atoms with Crippen LogP contribution in [0.5, 0.6) is 0 Å². The van der Waals surface area contributed by atoms with Crippen molar-refractivity contribution in [1.29, 1.82) is 5.26 Å². The summed E-state index contributed by atoms with van der Waals surface area (Å²) in [5.41, 5.74) is 0.793. The van der Waals surface area contributed by atoms with Crippen molar-refractivity contribution < 1.29 is 4.92 Å². The average Bonchev–Trinajstić information content (AvgIpc) is 3.15. The minimum Gasteiger partial charge on any atom is -0.347 e. The first-order valence-corrected chi connectivity index (χ1v) is 5.88. The summed E-state index contributed by atoms with van der Waals surface area (Å²) in [4.78, 5) is 16.7. The molecule has 18 heavy (non-hydrogen) atoms. The van der Waals surface area contributed by atoms with E-state index in [-0.39, 0.29) is 5.69 Å². The van der Waals surface area contributed by atoms with Crippen molar-refractivity contribution in [2.75, 3.05) is 11.4 Å². The molecule has 0 unspecified atom stereocenters. The fourth-order valence-corrected chi connectivity index (χ4v) is 1.92. The molecule has 0 amide bonds. The van der Waals surface area contributed by atoms with Gasteiger partial charge in [-0.2, -0.15) is 5.26 Å². The van der Waals surface area contributed by atoms with Gasteiger partial charge < -0.3 is 4.90 Å².